The van der Waals surface area contributed by atoms with Crippen LogP contribution in [0.2, 0.25) is 0 Å². The van der Waals surface area contributed by atoms with Gasteiger partial charge < -0.3 is 20.3 Å². The Morgan fingerprint density at radius 1 is 1.09 bits per heavy atom. The number of benzene rings is 2. The van der Waals surface area contributed by atoms with Gasteiger partial charge in [0.25, 0.3) is 5.56 Å². The number of ether oxygens (including phenoxy) is 1. The van der Waals surface area contributed by atoms with Gasteiger partial charge in [-0.15, -0.1) is 0 Å². The summed E-state index contributed by atoms with van der Waals surface area (Å²) in [6.07, 6.45) is 0.568. The number of carbonyl (C=O) groups is 1. The molecule has 0 fully saturated rings. The number of rotatable bonds is 11. The number of nitrogens with two attached hydrogens (primary N) is 1. The minimum atomic E-state index is -0.624. The average molecular weight is 480 g/mol. The summed E-state index contributed by atoms with van der Waals surface area (Å²) in [5.74, 6) is -0.162. The highest BCUT2D eigenvalue weighted by Gasteiger charge is 2.24. The molecule has 0 saturated carbocycles. The van der Waals surface area contributed by atoms with E-state index in [0.29, 0.717) is 19.6 Å². The van der Waals surface area contributed by atoms with Crippen molar-refractivity contribution in [3.63, 3.8) is 0 Å². The standard InChI is InChI=1S/C26H33N5O4/c1-19(21-13-8-5-9-14-21)29(2)22(32)18-30(15-10-16-35-3)23-24(27)31(26(34)28-25(23)33)17-20-11-6-4-7-12-20/h4-9,11-14,19H,10,15-18,27H2,1-3H3,(H,28,33,34). The summed E-state index contributed by atoms with van der Waals surface area (Å²) in [5.41, 5.74) is 7.13. The number of H-pyrrole nitrogens is 1. The van der Waals surface area contributed by atoms with Gasteiger partial charge in [-0.25, -0.2) is 4.79 Å². The molecule has 9 nitrogen and oxygen atoms in total. The zero-order chi connectivity index (χ0) is 25.4. The van der Waals surface area contributed by atoms with E-state index in [1.165, 1.54) is 4.57 Å². The number of nitrogens with one attached hydrogen (secondary N) is 1. The van der Waals surface area contributed by atoms with Crippen molar-refractivity contribution in [1.29, 1.82) is 0 Å². The van der Waals surface area contributed by atoms with Gasteiger partial charge in [0, 0.05) is 27.3 Å². The third kappa shape index (κ3) is 6.39. The van der Waals surface area contributed by atoms with Crippen LogP contribution in [0.15, 0.2) is 70.3 Å². The maximum absolute atomic E-state index is 13.3. The molecule has 3 rings (SSSR count). The molecule has 1 atom stereocenters. The molecule has 35 heavy (non-hydrogen) atoms. The van der Waals surface area contributed by atoms with Crippen LogP contribution in [0.4, 0.5) is 11.5 Å². The summed E-state index contributed by atoms with van der Waals surface area (Å²) in [4.78, 5) is 44.4. The van der Waals surface area contributed by atoms with Crippen LogP contribution < -0.4 is 21.9 Å². The highest BCUT2D eigenvalue weighted by atomic mass is 16.5. The molecule has 0 aliphatic heterocycles. The van der Waals surface area contributed by atoms with Crippen molar-refractivity contribution in [2.75, 3.05) is 44.5 Å². The van der Waals surface area contributed by atoms with Crippen LogP contribution in [0, 0.1) is 0 Å². The normalized spacial score (nSPS) is 11.7. The predicted octanol–water partition coefficient (Wildman–Crippen LogP) is 2.23. The summed E-state index contributed by atoms with van der Waals surface area (Å²) in [7, 11) is 3.32. The first-order valence-electron chi connectivity index (χ1n) is 11.5. The van der Waals surface area contributed by atoms with Gasteiger partial charge in [0.2, 0.25) is 5.91 Å². The fourth-order valence-electron chi connectivity index (χ4n) is 3.92. The van der Waals surface area contributed by atoms with E-state index >= 15 is 0 Å². The van der Waals surface area contributed by atoms with Crippen molar-refractivity contribution in [2.24, 2.45) is 0 Å². The van der Waals surface area contributed by atoms with Gasteiger partial charge in [0.05, 0.1) is 19.1 Å². The molecule has 2 aromatic carbocycles. The Morgan fingerprint density at radius 3 is 2.34 bits per heavy atom. The Morgan fingerprint density at radius 2 is 1.71 bits per heavy atom. The molecule has 1 aromatic heterocycles. The van der Waals surface area contributed by atoms with Gasteiger partial charge in [-0.1, -0.05) is 60.7 Å². The number of amides is 1. The molecule has 1 heterocycles. The second-order valence-corrected chi connectivity index (χ2v) is 8.42. The van der Waals surface area contributed by atoms with Gasteiger partial charge in [0.1, 0.15) is 11.5 Å². The SMILES string of the molecule is COCCCN(CC(=O)N(C)C(C)c1ccccc1)c1c(N)n(Cc2ccccc2)c(=O)[nH]c1=O. The second-order valence-electron chi connectivity index (χ2n) is 8.42. The lowest BCUT2D eigenvalue weighted by Gasteiger charge is -2.30. The zero-order valence-electron chi connectivity index (χ0n) is 20.4. The first-order chi connectivity index (χ1) is 16.8. The number of aromatic nitrogens is 2. The van der Waals surface area contributed by atoms with Crippen LogP contribution in [0.25, 0.3) is 0 Å². The number of aromatic amines is 1. The molecule has 0 bridgehead atoms. The molecular weight excluding hydrogens is 446 g/mol. The van der Waals surface area contributed by atoms with Gasteiger partial charge in [-0.05, 0) is 24.5 Å². The van der Waals surface area contributed by atoms with E-state index in [2.05, 4.69) is 4.98 Å². The number of nitrogen functional groups attached to an aromatic ring is 1. The number of nitrogens with zero attached hydrogens (tertiary/aromatic N) is 3. The third-order valence-electron chi connectivity index (χ3n) is 6.07. The number of hydrogen-bond acceptors (Lipinski definition) is 6. The molecule has 0 radical (unpaired) electrons. The maximum atomic E-state index is 13.3. The summed E-state index contributed by atoms with van der Waals surface area (Å²) in [6.45, 7) is 2.87. The Bertz CT molecular complexity index is 1220. The summed E-state index contributed by atoms with van der Waals surface area (Å²) >= 11 is 0. The Labute approximate surface area is 204 Å². The molecule has 3 aromatic rings. The van der Waals surface area contributed by atoms with Crippen molar-refractivity contribution in [3.8, 4) is 0 Å². The zero-order valence-corrected chi connectivity index (χ0v) is 20.4. The van der Waals surface area contributed by atoms with Crippen LogP contribution in [0.1, 0.15) is 30.5 Å². The van der Waals surface area contributed by atoms with E-state index in [-0.39, 0.29) is 36.5 Å². The largest absolute Gasteiger partial charge is 0.385 e. The number of hydrogen-bond donors (Lipinski definition) is 2. The lowest BCUT2D eigenvalue weighted by atomic mass is 10.1. The predicted molar refractivity (Wildman–Crippen MR) is 138 cm³/mol. The highest BCUT2D eigenvalue weighted by molar-refractivity contribution is 5.82. The van der Waals surface area contributed by atoms with Crippen LogP contribution in [-0.4, -0.2) is 54.2 Å². The number of anilines is 2. The third-order valence-corrected chi connectivity index (χ3v) is 6.07. The van der Waals surface area contributed by atoms with E-state index in [4.69, 9.17) is 10.5 Å². The monoisotopic (exact) mass is 479 g/mol. The summed E-state index contributed by atoms with van der Waals surface area (Å²) in [6, 6.07) is 18.9. The highest BCUT2D eigenvalue weighted by Crippen LogP contribution is 2.21. The van der Waals surface area contributed by atoms with Crippen LogP contribution in [-0.2, 0) is 16.1 Å². The van der Waals surface area contributed by atoms with E-state index in [9.17, 15) is 14.4 Å². The van der Waals surface area contributed by atoms with Gasteiger partial charge in [-0.3, -0.25) is 19.1 Å². The quantitative estimate of drug-likeness (QED) is 0.408. The molecule has 9 heteroatoms. The average Bonchev–Trinajstić information content (AvgIpc) is 2.86. The lowest BCUT2D eigenvalue weighted by Crippen LogP contribution is -2.44. The second kappa shape index (κ2) is 12.0. The van der Waals surface area contributed by atoms with E-state index < -0.39 is 11.2 Å². The molecule has 1 amide bonds. The Kier molecular flexibility index (Phi) is 8.86. The molecule has 186 valence electrons. The molecule has 0 spiro atoms. The molecular formula is C26H33N5O4. The first-order valence-corrected chi connectivity index (χ1v) is 11.5. The van der Waals surface area contributed by atoms with E-state index in [0.717, 1.165) is 11.1 Å². The van der Waals surface area contributed by atoms with Crippen molar-refractivity contribution >= 4 is 17.4 Å². The molecule has 1 unspecified atom stereocenters. The van der Waals surface area contributed by atoms with Gasteiger partial charge >= 0.3 is 5.69 Å². The summed E-state index contributed by atoms with van der Waals surface area (Å²) < 4.78 is 6.48. The van der Waals surface area contributed by atoms with Crippen LogP contribution in [0.5, 0.6) is 0 Å². The van der Waals surface area contributed by atoms with Crippen molar-refractivity contribution < 1.29 is 9.53 Å². The maximum Gasteiger partial charge on any atom is 0.330 e. The smallest absolute Gasteiger partial charge is 0.330 e. The van der Waals surface area contributed by atoms with Gasteiger partial charge in [0.15, 0.2) is 0 Å². The van der Waals surface area contributed by atoms with E-state index in [1.54, 1.807) is 24.0 Å². The van der Waals surface area contributed by atoms with Crippen LogP contribution >= 0.6 is 0 Å². The van der Waals surface area contributed by atoms with Crippen molar-refractivity contribution in [2.45, 2.75) is 25.9 Å². The fraction of sp³-hybridized carbons (Fsp3) is 0.346. The number of methoxy groups -OCH3 is 1. The first kappa shape index (κ1) is 25.8. The Balaban J connectivity index is 1.92. The lowest BCUT2D eigenvalue weighted by molar-refractivity contribution is -0.130. The van der Waals surface area contributed by atoms with Crippen LogP contribution in [0.3, 0.4) is 0 Å². The Hall–Kier alpha value is -3.85. The van der Waals surface area contributed by atoms with E-state index in [1.807, 2.05) is 67.6 Å². The van der Waals surface area contributed by atoms with Crippen molar-refractivity contribution in [1.82, 2.24) is 14.5 Å². The number of likely N-dealkylation sites (N-methyl/N-ethyl adjacent to an activating group) is 1. The molecule has 0 aliphatic rings. The number of carbonyl (C=O) groups excluding carboxylic acids is 1. The minimum absolute atomic E-state index is 0.0200. The summed E-state index contributed by atoms with van der Waals surface area (Å²) in [5, 5.41) is 0. The fourth-order valence-corrected chi connectivity index (χ4v) is 3.92. The molecule has 0 aliphatic carbocycles. The molecule has 0 saturated heterocycles. The van der Waals surface area contributed by atoms with Gasteiger partial charge in [-0.2, -0.15) is 0 Å². The van der Waals surface area contributed by atoms with Crippen molar-refractivity contribution in [3.05, 3.63) is 92.6 Å². The topological polar surface area (TPSA) is 114 Å². The molecule has 3 N–H and O–H groups in total. The minimum Gasteiger partial charge on any atom is -0.385 e.